The van der Waals surface area contributed by atoms with Crippen molar-refractivity contribution in [3.05, 3.63) is 58.9 Å². The number of aromatic nitrogens is 1. The number of hydrogen-bond acceptors (Lipinski definition) is 4. The zero-order valence-corrected chi connectivity index (χ0v) is 14.4. The highest BCUT2D eigenvalue weighted by Gasteiger charge is 2.12. The number of carbonyl (C=O) groups is 1. The fourth-order valence-electron chi connectivity index (χ4n) is 2.43. The van der Waals surface area contributed by atoms with Crippen molar-refractivity contribution in [2.24, 2.45) is 0 Å². The first kappa shape index (κ1) is 16.5. The quantitative estimate of drug-likeness (QED) is 0.766. The van der Waals surface area contributed by atoms with Gasteiger partial charge in [-0.2, -0.15) is 0 Å². The number of benzene rings is 2. The van der Waals surface area contributed by atoms with E-state index in [0.717, 1.165) is 20.8 Å². The minimum Gasteiger partial charge on any atom is -0.322 e. The predicted molar refractivity (Wildman–Crippen MR) is 95.7 cm³/mol. The number of amides is 1. The highest BCUT2D eigenvalue weighted by Crippen LogP contribution is 2.22. The SMILES string of the molecule is Cc1ccc(NC(=O)CN(C)Cc2nc3ccccc3s2)c(F)c1. The van der Waals surface area contributed by atoms with Gasteiger partial charge in [0.25, 0.3) is 0 Å². The van der Waals surface area contributed by atoms with Crippen LogP contribution >= 0.6 is 11.3 Å². The molecule has 0 fully saturated rings. The van der Waals surface area contributed by atoms with Gasteiger partial charge in [0.2, 0.25) is 5.91 Å². The van der Waals surface area contributed by atoms with Crippen LogP contribution < -0.4 is 5.32 Å². The van der Waals surface area contributed by atoms with E-state index < -0.39 is 5.82 Å². The largest absolute Gasteiger partial charge is 0.322 e. The van der Waals surface area contributed by atoms with E-state index in [2.05, 4.69) is 10.3 Å². The van der Waals surface area contributed by atoms with Crippen molar-refractivity contribution in [3.8, 4) is 0 Å². The standard InChI is InChI=1S/C18H18FN3OS/c1-12-7-8-14(13(19)9-12)20-17(23)10-22(2)11-18-21-15-5-3-4-6-16(15)24-18/h3-9H,10-11H2,1-2H3,(H,20,23). The molecule has 6 heteroatoms. The van der Waals surface area contributed by atoms with Gasteiger partial charge >= 0.3 is 0 Å². The first-order valence-electron chi connectivity index (χ1n) is 7.60. The first-order chi connectivity index (χ1) is 11.5. The van der Waals surface area contributed by atoms with E-state index in [9.17, 15) is 9.18 Å². The van der Waals surface area contributed by atoms with Gasteiger partial charge in [0.1, 0.15) is 10.8 Å². The summed E-state index contributed by atoms with van der Waals surface area (Å²) in [6.07, 6.45) is 0. The number of anilines is 1. The van der Waals surface area contributed by atoms with Gasteiger partial charge in [0.05, 0.1) is 29.0 Å². The van der Waals surface area contributed by atoms with Crippen molar-refractivity contribution in [2.45, 2.75) is 13.5 Å². The van der Waals surface area contributed by atoms with Crippen molar-refractivity contribution >= 4 is 33.1 Å². The molecule has 24 heavy (non-hydrogen) atoms. The fraction of sp³-hybridized carbons (Fsp3) is 0.222. The number of hydrogen-bond donors (Lipinski definition) is 1. The fourth-order valence-corrected chi connectivity index (χ4v) is 3.48. The van der Waals surface area contributed by atoms with Crippen molar-refractivity contribution in [1.29, 1.82) is 0 Å². The highest BCUT2D eigenvalue weighted by molar-refractivity contribution is 7.18. The topological polar surface area (TPSA) is 45.2 Å². The summed E-state index contributed by atoms with van der Waals surface area (Å²) < 4.78 is 14.9. The Kier molecular flexibility index (Phi) is 4.87. The van der Waals surface area contributed by atoms with Crippen LogP contribution in [0.15, 0.2) is 42.5 Å². The molecular weight excluding hydrogens is 325 g/mol. The molecule has 0 bridgehead atoms. The molecule has 0 spiro atoms. The molecule has 124 valence electrons. The number of fused-ring (bicyclic) bond motifs is 1. The molecule has 2 aromatic carbocycles. The van der Waals surface area contributed by atoms with Crippen LogP contribution in [0, 0.1) is 12.7 Å². The Morgan fingerprint density at radius 1 is 1.29 bits per heavy atom. The summed E-state index contributed by atoms with van der Waals surface area (Å²) in [4.78, 5) is 18.5. The van der Waals surface area contributed by atoms with Crippen molar-refractivity contribution in [3.63, 3.8) is 0 Å². The number of carbonyl (C=O) groups excluding carboxylic acids is 1. The molecule has 0 atom stereocenters. The van der Waals surface area contributed by atoms with E-state index in [1.54, 1.807) is 30.4 Å². The van der Waals surface area contributed by atoms with Crippen LogP contribution in [-0.2, 0) is 11.3 Å². The lowest BCUT2D eigenvalue weighted by Gasteiger charge is -2.15. The van der Waals surface area contributed by atoms with Crippen LogP contribution in [0.3, 0.4) is 0 Å². The van der Waals surface area contributed by atoms with Crippen LogP contribution in [0.4, 0.5) is 10.1 Å². The summed E-state index contributed by atoms with van der Waals surface area (Å²) in [5.74, 6) is -0.668. The van der Waals surface area contributed by atoms with Crippen LogP contribution in [0.25, 0.3) is 10.2 Å². The Balaban J connectivity index is 1.59. The maximum atomic E-state index is 13.8. The zero-order chi connectivity index (χ0) is 17.1. The third kappa shape index (κ3) is 3.96. The number of halogens is 1. The summed E-state index contributed by atoms with van der Waals surface area (Å²) in [7, 11) is 1.84. The maximum Gasteiger partial charge on any atom is 0.238 e. The van der Waals surface area contributed by atoms with Crippen molar-refractivity contribution in [1.82, 2.24) is 9.88 Å². The number of rotatable bonds is 5. The van der Waals surface area contributed by atoms with Crippen LogP contribution in [0.2, 0.25) is 0 Å². The lowest BCUT2D eigenvalue weighted by atomic mass is 10.2. The van der Waals surface area contributed by atoms with Crippen LogP contribution in [-0.4, -0.2) is 29.4 Å². The van der Waals surface area contributed by atoms with E-state index in [-0.39, 0.29) is 18.1 Å². The van der Waals surface area contributed by atoms with Crippen molar-refractivity contribution in [2.75, 3.05) is 18.9 Å². The van der Waals surface area contributed by atoms with Gasteiger partial charge in [-0.25, -0.2) is 9.37 Å². The van der Waals surface area contributed by atoms with E-state index >= 15 is 0 Å². The summed E-state index contributed by atoms with van der Waals surface area (Å²) in [6.45, 7) is 2.55. The number of nitrogens with zero attached hydrogens (tertiary/aromatic N) is 2. The Morgan fingerprint density at radius 2 is 2.08 bits per heavy atom. The molecule has 0 saturated heterocycles. The molecule has 0 unspecified atom stereocenters. The Hall–Kier alpha value is -2.31. The first-order valence-corrected chi connectivity index (χ1v) is 8.42. The second-order valence-electron chi connectivity index (χ2n) is 5.78. The van der Waals surface area contributed by atoms with Crippen LogP contribution in [0.1, 0.15) is 10.6 Å². The number of thiazole rings is 1. The molecule has 1 aromatic heterocycles. The summed E-state index contributed by atoms with van der Waals surface area (Å²) in [5.41, 5.74) is 1.99. The van der Waals surface area contributed by atoms with Gasteiger partial charge in [-0.05, 0) is 43.8 Å². The molecular formula is C18H18FN3OS. The second kappa shape index (κ2) is 7.07. The third-order valence-corrected chi connectivity index (χ3v) is 4.58. The molecule has 3 rings (SSSR count). The molecule has 0 saturated carbocycles. The molecule has 0 radical (unpaired) electrons. The zero-order valence-electron chi connectivity index (χ0n) is 13.5. The molecule has 4 nitrogen and oxygen atoms in total. The Labute approximate surface area is 143 Å². The second-order valence-corrected chi connectivity index (χ2v) is 6.89. The van der Waals surface area contributed by atoms with Crippen LogP contribution in [0.5, 0.6) is 0 Å². The average molecular weight is 343 g/mol. The summed E-state index contributed by atoms with van der Waals surface area (Å²) in [5, 5.41) is 3.56. The minimum absolute atomic E-state index is 0.170. The van der Waals surface area contributed by atoms with E-state index in [0.29, 0.717) is 6.54 Å². The molecule has 1 N–H and O–H groups in total. The molecule has 0 aliphatic rings. The van der Waals surface area contributed by atoms with Gasteiger partial charge in [-0.3, -0.25) is 9.69 Å². The van der Waals surface area contributed by atoms with Gasteiger partial charge < -0.3 is 5.32 Å². The number of para-hydroxylation sites is 1. The van der Waals surface area contributed by atoms with E-state index in [1.165, 1.54) is 6.07 Å². The van der Waals surface area contributed by atoms with Gasteiger partial charge in [-0.15, -0.1) is 11.3 Å². The normalized spacial score (nSPS) is 11.2. The van der Waals surface area contributed by atoms with Crippen molar-refractivity contribution < 1.29 is 9.18 Å². The molecule has 1 heterocycles. The Bertz CT molecular complexity index is 845. The molecule has 3 aromatic rings. The summed E-state index contributed by atoms with van der Waals surface area (Å²) >= 11 is 1.62. The number of nitrogens with one attached hydrogen (secondary N) is 1. The van der Waals surface area contributed by atoms with Gasteiger partial charge in [-0.1, -0.05) is 18.2 Å². The average Bonchev–Trinajstić information content (AvgIpc) is 2.91. The highest BCUT2D eigenvalue weighted by atomic mass is 32.1. The molecule has 0 aliphatic carbocycles. The maximum absolute atomic E-state index is 13.8. The lowest BCUT2D eigenvalue weighted by molar-refractivity contribution is -0.117. The van der Waals surface area contributed by atoms with E-state index in [4.69, 9.17) is 0 Å². The third-order valence-electron chi connectivity index (χ3n) is 3.56. The van der Waals surface area contributed by atoms with E-state index in [1.807, 2.05) is 36.2 Å². The monoisotopic (exact) mass is 343 g/mol. The Morgan fingerprint density at radius 3 is 2.83 bits per heavy atom. The lowest BCUT2D eigenvalue weighted by Crippen LogP contribution is -2.30. The van der Waals surface area contributed by atoms with Gasteiger partial charge in [0, 0.05) is 0 Å². The number of aryl methyl sites for hydroxylation is 1. The predicted octanol–water partition coefficient (Wildman–Crippen LogP) is 3.81. The van der Waals surface area contributed by atoms with Gasteiger partial charge in [0.15, 0.2) is 0 Å². The summed E-state index contributed by atoms with van der Waals surface area (Å²) in [6, 6.07) is 12.7. The number of likely N-dealkylation sites (N-methyl/N-ethyl adjacent to an activating group) is 1. The molecule has 1 amide bonds. The molecule has 0 aliphatic heterocycles. The minimum atomic E-state index is -0.419. The smallest absolute Gasteiger partial charge is 0.238 e.